The van der Waals surface area contributed by atoms with Crippen molar-refractivity contribution in [2.45, 2.75) is 24.3 Å². The fourth-order valence-electron chi connectivity index (χ4n) is 4.40. The summed E-state index contributed by atoms with van der Waals surface area (Å²) >= 11 is 1.26. The average molecular weight is 544 g/mol. The number of anilines is 1. The first-order valence-corrected chi connectivity index (χ1v) is 14.1. The molecular formula is C25H26FN5O4S2. The number of benzene rings is 2. The molecule has 0 N–H and O–H groups in total. The van der Waals surface area contributed by atoms with Gasteiger partial charge in [0.15, 0.2) is 5.13 Å². The molecule has 12 heteroatoms. The predicted molar refractivity (Wildman–Crippen MR) is 139 cm³/mol. The van der Waals surface area contributed by atoms with E-state index in [1.807, 2.05) is 12.3 Å². The van der Waals surface area contributed by atoms with Crippen molar-refractivity contribution in [3.8, 4) is 5.75 Å². The topological polar surface area (TPSA) is 97.6 Å². The van der Waals surface area contributed by atoms with E-state index < -0.39 is 10.0 Å². The van der Waals surface area contributed by atoms with E-state index in [0.717, 1.165) is 0 Å². The third kappa shape index (κ3) is 5.36. The number of thiazole rings is 1. The van der Waals surface area contributed by atoms with Gasteiger partial charge >= 0.3 is 0 Å². The van der Waals surface area contributed by atoms with Crippen LogP contribution in [0.5, 0.6) is 5.75 Å². The summed E-state index contributed by atoms with van der Waals surface area (Å²) in [6.07, 6.45) is 4.28. The lowest BCUT2D eigenvalue weighted by Gasteiger charge is -2.33. The van der Waals surface area contributed by atoms with Gasteiger partial charge in [0.2, 0.25) is 15.9 Å². The van der Waals surface area contributed by atoms with Crippen molar-refractivity contribution in [3.05, 3.63) is 66.7 Å². The van der Waals surface area contributed by atoms with E-state index in [4.69, 9.17) is 4.74 Å². The fourth-order valence-corrected chi connectivity index (χ4v) is 6.89. The van der Waals surface area contributed by atoms with E-state index in [9.17, 15) is 17.6 Å². The highest BCUT2D eigenvalue weighted by Crippen LogP contribution is 2.32. The lowest BCUT2D eigenvalue weighted by Crippen LogP contribution is -2.45. The highest BCUT2D eigenvalue weighted by molar-refractivity contribution is 7.89. The van der Waals surface area contributed by atoms with Gasteiger partial charge in [0, 0.05) is 37.9 Å². The van der Waals surface area contributed by atoms with Gasteiger partial charge in [0.25, 0.3) is 0 Å². The number of nitrogens with zero attached hydrogens (tertiary/aromatic N) is 5. The van der Waals surface area contributed by atoms with Crippen LogP contribution in [0.3, 0.4) is 0 Å². The maximum atomic E-state index is 13.8. The van der Waals surface area contributed by atoms with Gasteiger partial charge in [0.1, 0.15) is 11.6 Å². The number of sulfonamides is 1. The molecule has 1 aliphatic rings. The molecule has 2 aromatic heterocycles. The number of hydrogen-bond donors (Lipinski definition) is 0. The third-order valence-corrected chi connectivity index (χ3v) is 9.40. The van der Waals surface area contributed by atoms with Crippen LogP contribution < -0.4 is 9.64 Å². The number of halogens is 1. The SMILES string of the molecule is COc1ccc(S(=O)(=O)N2CCC(C(=O)N(CCn3cccn3)c3nc4ccc(F)cc4s3)CC2)cc1. The van der Waals surface area contributed by atoms with Crippen molar-refractivity contribution in [1.29, 1.82) is 0 Å². The average Bonchev–Trinajstić information content (AvgIpc) is 3.58. The van der Waals surface area contributed by atoms with E-state index in [2.05, 4.69) is 10.1 Å². The summed E-state index contributed by atoms with van der Waals surface area (Å²) in [6.45, 7) is 1.28. The molecule has 0 aliphatic carbocycles. The highest BCUT2D eigenvalue weighted by Gasteiger charge is 2.35. The monoisotopic (exact) mass is 543 g/mol. The molecule has 0 radical (unpaired) electrons. The molecule has 0 saturated carbocycles. The van der Waals surface area contributed by atoms with Crippen LogP contribution in [-0.2, 0) is 21.4 Å². The number of hydrogen-bond acceptors (Lipinski definition) is 7. The minimum absolute atomic E-state index is 0.117. The van der Waals surface area contributed by atoms with Gasteiger partial charge < -0.3 is 4.74 Å². The smallest absolute Gasteiger partial charge is 0.243 e. The molecule has 0 atom stereocenters. The number of amides is 1. The molecule has 0 unspecified atom stereocenters. The maximum Gasteiger partial charge on any atom is 0.243 e. The van der Waals surface area contributed by atoms with Gasteiger partial charge in [0.05, 0.1) is 28.8 Å². The van der Waals surface area contributed by atoms with E-state index in [0.29, 0.717) is 47.0 Å². The Morgan fingerprint density at radius 3 is 2.62 bits per heavy atom. The Morgan fingerprint density at radius 2 is 1.95 bits per heavy atom. The van der Waals surface area contributed by atoms with Crippen LogP contribution in [0.25, 0.3) is 10.2 Å². The van der Waals surface area contributed by atoms with E-state index in [1.165, 1.54) is 47.0 Å². The normalized spacial score (nSPS) is 15.2. The van der Waals surface area contributed by atoms with Crippen molar-refractivity contribution in [3.63, 3.8) is 0 Å². The summed E-state index contributed by atoms with van der Waals surface area (Å²) in [5.41, 5.74) is 0.624. The van der Waals surface area contributed by atoms with Crippen LogP contribution in [0, 0.1) is 11.7 Å². The number of carbonyl (C=O) groups excluding carboxylic acids is 1. The molecule has 9 nitrogen and oxygen atoms in total. The van der Waals surface area contributed by atoms with Crippen LogP contribution in [0.1, 0.15) is 12.8 Å². The van der Waals surface area contributed by atoms with Crippen LogP contribution in [0.15, 0.2) is 65.8 Å². The number of methoxy groups -OCH3 is 1. The first-order valence-electron chi connectivity index (χ1n) is 11.8. The number of piperidine rings is 1. The summed E-state index contributed by atoms with van der Waals surface area (Å²) in [4.78, 5) is 20.1. The number of carbonyl (C=O) groups is 1. The molecule has 4 aromatic rings. The maximum absolute atomic E-state index is 13.8. The molecule has 5 rings (SSSR count). The first kappa shape index (κ1) is 25.3. The molecule has 37 heavy (non-hydrogen) atoms. The van der Waals surface area contributed by atoms with Crippen molar-refractivity contribution in [2.24, 2.45) is 5.92 Å². The Labute approximate surface area is 218 Å². The van der Waals surface area contributed by atoms with Crippen molar-refractivity contribution in [1.82, 2.24) is 19.1 Å². The number of aromatic nitrogens is 3. The fraction of sp³-hybridized carbons (Fsp3) is 0.320. The van der Waals surface area contributed by atoms with Gasteiger partial charge in [-0.1, -0.05) is 11.3 Å². The summed E-state index contributed by atoms with van der Waals surface area (Å²) in [7, 11) is -2.15. The standard InChI is InChI=1S/C25H26FN5O4S2/c1-35-20-4-6-21(7-5-20)37(33,34)30-13-9-18(10-14-30)24(32)31(16-15-29-12-2-11-27-29)25-28-22-8-3-19(26)17-23(22)36-25/h2-8,11-12,17-18H,9-10,13-16H2,1H3. The molecule has 1 aliphatic heterocycles. The molecule has 1 amide bonds. The van der Waals surface area contributed by atoms with Gasteiger partial charge in [-0.3, -0.25) is 14.4 Å². The van der Waals surface area contributed by atoms with Crippen LogP contribution in [-0.4, -0.2) is 60.1 Å². The zero-order valence-electron chi connectivity index (χ0n) is 20.2. The molecule has 0 bridgehead atoms. The summed E-state index contributed by atoms with van der Waals surface area (Å²) in [5, 5.41) is 4.71. The summed E-state index contributed by atoms with van der Waals surface area (Å²) in [5.74, 6) is -0.254. The molecule has 194 valence electrons. The Morgan fingerprint density at radius 1 is 1.19 bits per heavy atom. The minimum Gasteiger partial charge on any atom is -0.497 e. The highest BCUT2D eigenvalue weighted by atomic mass is 32.2. The number of ether oxygens (including phenoxy) is 1. The number of fused-ring (bicyclic) bond motifs is 1. The zero-order chi connectivity index (χ0) is 26.0. The molecule has 2 aromatic carbocycles. The Kier molecular flexibility index (Phi) is 7.22. The van der Waals surface area contributed by atoms with Crippen molar-refractivity contribution in [2.75, 3.05) is 31.6 Å². The minimum atomic E-state index is -3.67. The largest absolute Gasteiger partial charge is 0.497 e. The quantitative estimate of drug-likeness (QED) is 0.336. The van der Waals surface area contributed by atoms with E-state index >= 15 is 0 Å². The molecule has 0 spiro atoms. The second-order valence-electron chi connectivity index (χ2n) is 8.72. The van der Waals surface area contributed by atoms with Crippen molar-refractivity contribution < 1.29 is 22.3 Å². The third-order valence-electron chi connectivity index (χ3n) is 6.45. The van der Waals surface area contributed by atoms with Crippen LogP contribution >= 0.6 is 11.3 Å². The second kappa shape index (κ2) is 10.6. The molecule has 1 saturated heterocycles. The van der Waals surface area contributed by atoms with Crippen LogP contribution in [0.4, 0.5) is 9.52 Å². The van der Waals surface area contributed by atoms with E-state index in [-0.39, 0.29) is 35.6 Å². The van der Waals surface area contributed by atoms with Crippen molar-refractivity contribution >= 4 is 42.6 Å². The Bertz CT molecular complexity index is 1480. The van der Waals surface area contributed by atoms with Gasteiger partial charge in [-0.25, -0.2) is 17.8 Å². The lowest BCUT2D eigenvalue weighted by atomic mass is 9.96. The van der Waals surface area contributed by atoms with E-state index in [1.54, 1.807) is 34.0 Å². The zero-order valence-corrected chi connectivity index (χ0v) is 21.8. The second-order valence-corrected chi connectivity index (χ2v) is 11.7. The van der Waals surface area contributed by atoms with Gasteiger partial charge in [-0.05, 0) is 61.4 Å². The first-order chi connectivity index (χ1) is 17.8. The van der Waals surface area contributed by atoms with Gasteiger partial charge in [-0.15, -0.1) is 0 Å². The lowest BCUT2D eigenvalue weighted by molar-refractivity contribution is -0.123. The molecule has 3 heterocycles. The molecular weight excluding hydrogens is 517 g/mol. The predicted octanol–water partition coefficient (Wildman–Crippen LogP) is 3.77. The molecule has 1 fully saturated rings. The summed E-state index contributed by atoms with van der Waals surface area (Å²) < 4.78 is 48.9. The Hall–Kier alpha value is -3.35. The van der Waals surface area contributed by atoms with Crippen LogP contribution in [0.2, 0.25) is 0 Å². The van der Waals surface area contributed by atoms with Gasteiger partial charge in [-0.2, -0.15) is 9.40 Å². The Balaban J connectivity index is 1.32. The summed E-state index contributed by atoms with van der Waals surface area (Å²) in [6, 6.07) is 12.5. The number of rotatable bonds is 8.